The molecule has 0 saturated carbocycles. The van der Waals surface area contributed by atoms with Crippen molar-refractivity contribution in [3.63, 3.8) is 0 Å². The van der Waals surface area contributed by atoms with Crippen LogP contribution in [0.4, 0.5) is 14.5 Å². The van der Waals surface area contributed by atoms with Crippen LogP contribution in [0.3, 0.4) is 0 Å². The summed E-state index contributed by atoms with van der Waals surface area (Å²) in [6.45, 7) is 5.42. The number of esters is 1. The van der Waals surface area contributed by atoms with Crippen LogP contribution in [0.5, 0.6) is 0 Å². The summed E-state index contributed by atoms with van der Waals surface area (Å²) in [5, 5.41) is 2.71. The maximum atomic E-state index is 15.5. The third-order valence-corrected chi connectivity index (χ3v) is 7.52. The number of hydrogen-bond donors (Lipinski definition) is 1. The van der Waals surface area contributed by atoms with E-state index in [0.29, 0.717) is 43.1 Å². The Morgan fingerprint density at radius 1 is 1.09 bits per heavy atom. The summed E-state index contributed by atoms with van der Waals surface area (Å²) in [6, 6.07) is 6.88. The molecule has 1 N–H and O–H groups in total. The summed E-state index contributed by atoms with van der Waals surface area (Å²) in [4.78, 5) is 58.1. The Morgan fingerprint density at radius 3 is 2.52 bits per heavy atom. The molecule has 5 rings (SSSR count). The lowest BCUT2D eigenvalue weighted by atomic mass is 10.0. The van der Waals surface area contributed by atoms with Crippen molar-refractivity contribution in [2.75, 3.05) is 37.8 Å². The molecular weight excluding hydrogens is 576 g/mol. The van der Waals surface area contributed by atoms with E-state index in [4.69, 9.17) is 9.47 Å². The van der Waals surface area contributed by atoms with E-state index in [2.05, 4.69) is 10.3 Å². The topological polar surface area (TPSA) is 125 Å². The molecule has 230 valence electrons. The summed E-state index contributed by atoms with van der Waals surface area (Å²) < 4.78 is 43.1. The first-order chi connectivity index (χ1) is 21.1. The summed E-state index contributed by atoms with van der Waals surface area (Å²) in [5.41, 5.74) is -0.436. The number of nitrogens with zero attached hydrogens (tertiary/aromatic N) is 4. The number of amides is 1. The molecule has 0 bridgehead atoms. The Bertz CT molecular complexity index is 1840. The maximum Gasteiger partial charge on any atom is 0.336 e. The second-order valence-electron chi connectivity index (χ2n) is 10.4. The van der Waals surface area contributed by atoms with Crippen molar-refractivity contribution in [3.8, 4) is 5.69 Å². The number of pyridine rings is 1. The minimum Gasteiger partial charge on any atom is -0.464 e. The number of ether oxygens (including phenoxy) is 2. The van der Waals surface area contributed by atoms with Crippen molar-refractivity contribution in [3.05, 3.63) is 98.0 Å². The number of benzene rings is 2. The normalized spacial score (nSPS) is 14.0. The van der Waals surface area contributed by atoms with Gasteiger partial charge in [-0.15, -0.1) is 0 Å². The number of carbonyl (C=O) groups is 2. The number of morpholine rings is 1. The van der Waals surface area contributed by atoms with Crippen molar-refractivity contribution in [1.82, 2.24) is 19.4 Å². The number of halogens is 2. The first kappa shape index (κ1) is 30.5. The molecule has 13 heteroatoms. The Hall–Kier alpha value is -4.91. The zero-order valence-electron chi connectivity index (χ0n) is 24.4. The zero-order chi connectivity index (χ0) is 31.5. The minimum absolute atomic E-state index is 0.0177. The lowest BCUT2D eigenvalue weighted by Crippen LogP contribution is -2.44. The number of fused-ring (bicyclic) bond motifs is 1. The predicted molar refractivity (Wildman–Crippen MR) is 158 cm³/mol. The second-order valence-corrected chi connectivity index (χ2v) is 10.4. The highest BCUT2D eigenvalue weighted by molar-refractivity contribution is 5.98. The Morgan fingerprint density at radius 2 is 1.84 bits per heavy atom. The van der Waals surface area contributed by atoms with Crippen LogP contribution in [-0.4, -0.2) is 64.9 Å². The van der Waals surface area contributed by atoms with Gasteiger partial charge >= 0.3 is 11.7 Å². The molecule has 1 fully saturated rings. The van der Waals surface area contributed by atoms with E-state index < -0.39 is 40.8 Å². The average Bonchev–Trinajstić information content (AvgIpc) is 3.01. The SMILES string of the molecule is CCOC(=O)[C@H](Cc1ccc(-n2c(=O)c3ccncc3n(C)c2=O)c(F)c1)NC(=O)c1c(C)cc(N2CCOCC2)cc1F. The van der Waals surface area contributed by atoms with Crippen molar-refractivity contribution < 1.29 is 27.8 Å². The van der Waals surface area contributed by atoms with E-state index in [0.717, 1.165) is 10.6 Å². The Balaban J connectivity index is 1.42. The number of aromatic nitrogens is 3. The van der Waals surface area contributed by atoms with Gasteiger partial charge in [-0.05, 0) is 55.3 Å². The monoisotopic (exact) mass is 607 g/mol. The van der Waals surface area contributed by atoms with Gasteiger partial charge in [0.1, 0.15) is 17.7 Å². The predicted octanol–water partition coefficient (Wildman–Crippen LogP) is 2.41. The molecule has 1 aliphatic heterocycles. The van der Waals surface area contributed by atoms with Crippen LogP contribution >= 0.6 is 0 Å². The van der Waals surface area contributed by atoms with Crippen molar-refractivity contribution in [2.24, 2.45) is 7.05 Å². The highest BCUT2D eigenvalue weighted by atomic mass is 19.1. The first-order valence-corrected chi connectivity index (χ1v) is 14.1. The largest absolute Gasteiger partial charge is 0.464 e. The smallest absolute Gasteiger partial charge is 0.336 e. The molecule has 1 amide bonds. The number of anilines is 1. The van der Waals surface area contributed by atoms with Crippen LogP contribution in [0, 0.1) is 18.6 Å². The third-order valence-electron chi connectivity index (χ3n) is 7.52. The summed E-state index contributed by atoms with van der Waals surface area (Å²) in [7, 11) is 1.45. The van der Waals surface area contributed by atoms with Crippen molar-refractivity contribution in [1.29, 1.82) is 0 Å². The van der Waals surface area contributed by atoms with Gasteiger partial charge in [0.05, 0.1) is 48.2 Å². The molecule has 1 saturated heterocycles. The van der Waals surface area contributed by atoms with E-state index in [1.165, 1.54) is 48.3 Å². The van der Waals surface area contributed by atoms with Gasteiger partial charge in [-0.25, -0.2) is 22.9 Å². The van der Waals surface area contributed by atoms with Crippen LogP contribution in [0.15, 0.2) is 58.4 Å². The van der Waals surface area contributed by atoms with Crippen molar-refractivity contribution >= 4 is 28.5 Å². The zero-order valence-corrected chi connectivity index (χ0v) is 24.4. The Kier molecular flexibility index (Phi) is 8.86. The lowest BCUT2D eigenvalue weighted by Gasteiger charge is -2.29. The number of rotatable bonds is 8. The van der Waals surface area contributed by atoms with Crippen LogP contribution in [0.2, 0.25) is 0 Å². The molecule has 0 unspecified atom stereocenters. The van der Waals surface area contributed by atoms with Gasteiger partial charge in [-0.1, -0.05) is 6.07 Å². The molecule has 11 nitrogen and oxygen atoms in total. The van der Waals surface area contributed by atoms with E-state index in [-0.39, 0.29) is 35.2 Å². The van der Waals surface area contributed by atoms with E-state index in [9.17, 15) is 19.2 Å². The molecule has 0 aliphatic carbocycles. The minimum atomic E-state index is -1.28. The highest BCUT2D eigenvalue weighted by Gasteiger charge is 2.27. The average molecular weight is 608 g/mol. The van der Waals surface area contributed by atoms with Gasteiger partial charge in [0.25, 0.3) is 11.5 Å². The van der Waals surface area contributed by atoms with Crippen LogP contribution in [0.1, 0.15) is 28.4 Å². The fourth-order valence-corrected chi connectivity index (χ4v) is 5.29. The van der Waals surface area contributed by atoms with Gasteiger partial charge < -0.3 is 19.7 Å². The molecule has 3 heterocycles. The van der Waals surface area contributed by atoms with Gasteiger partial charge in [-0.3, -0.25) is 19.1 Å². The van der Waals surface area contributed by atoms with Gasteiger partial charge in [-0.2, -0.15) is 0 Å². The maximum absolute atomic E-state index is 15.5. The number of aryl methyl sites for hydroxylation is 2. The molecule has 1 atom stereocenters. The van der Waals surface area contributed by atoms with Crippen molar-refractivity contribution in [2.45, 2.75) is 26.3 Å². The quantitative estimate of drug-likeness (QED) is 0.303. The van der Waals surface area contributed by atoms with E-state index in [1.807, 2.05) is 4.90 Å². The van der Waals surface area contributed by atoms with Gasteiger partial charge in [0.2, 0.25) is 0 Å². The Labute approximate surface area is 250 Å². The summed E-state index contributed by atoms with van der Waals surface area (Å²) >= 11 is 0. The first-order valence-electron chi connectivity index (χ1n) is 14.1. The fraction of sp³-hybridized carbons (Fsp3) is 0.323. The fourth-order valence-electron chi connectivity index (χ4n) is 5.29. The number of nitrogens with one attached hydrogen (secondary N) is 1. The van der Waals surface area contributed by atoms with E-state index in [1.54, 1.807) is 19.9 Å². The standard InChI is InChI=1S/C31H31F2N5O6/c1-4-44-30(41)24(35-28(39)27-18(2)13-20(16-23(27)33)37-9-11-43-12-10-37)15-19-5-6-25(22(32)14-19)38-29(40)21-7-8-34-17-26(21)36(3)31(38)42/h5-8,13-14,16-17,24H,4,9-12,15H2,1-3H3,(H,35,39)/t24-/m0/s1. The van der Waals surface area contributed by atoms with Gasteiger partial charge in [0.15, 0.2) is 0 Å². The summed E-state index contributed by atoms with van der Waals surface area (Å²) in [5.74, 6) is -3.27. The molecule has 44 heavy (non-hydrogen) atoms. The second kappa shape index (κ2) is 12.8. The van der Waals surface area contributed by atoms with Crippen LogP contribution < -0.4 is 21.5 Å². The number of hydrogen-bond acceptors (Lipinski definition) is 8. The molecule has 0 spiro atoms. The van der Waals surface area contributed by atoms with E-state index >= 15 is 8.78 Å². The molecule has 4 aromatic rings. The number of carbonyl (C=O) groups excluding carboxylic acids is 2. The highest BCUT2D eigenvalue weighted by Crippen LogP contribution is 2.24. The molecule has 2 aromatic carbocycles. The third kappa shape index (κ3) is 5.95. The van der Waals surface area contributed by atoms with Gasteiger partial charge in [0, 0.05) is 38.4 Å². The summed E-state index contributed by atoms with van der Waals surface area (Å²) in [6.07, 6.45) is 2.57. The van der Waals surface area contributed by atoms with Crippen LogP contribution in [0.25, 0.3) is 16.6 Å². The molecular formula is C31H31F2N5O6. The lowest BCUT2D eigenvalue weighted by molar-refractivity contribution is -0.145. The molecule has 0 radical (unpaired) electrons. The molecule has 1 aliphatic rings. The molecule has 2 aromatic heterocycles. The van der Waals surface area contributed by atoms with Crippen LogP contribution in [-0.2, 0) is 27.7 Å².